The van der Waals surface area contributed by atoms with Gasteiger partial charge in [0.15, 0.2) is 5.82 Å². The molecule has 10 rings (SSSR count). The molecule has 0 aliphatic heterocycles. The third-order valence-electron chi connectivity index (χ3n) is 9.91. The normalized spacial score (nSPS) is 11.3. The number of hydrogen-bond donors (Lipinski definition) is 0. The van der Waals surface area contributed by atoms with Crippen molar-refractivity contribution >= 4 is 32.7 Å². The molecule has 0 atom stereocenters. The third kappa shape index (κ3) is 5.94. The summed E-state index contributed by atoms with van der Waals surface area (Å²) in [5.41, 5.74) is 13.6. The van der Waals surface area contributed by atoms with Gasteiger partial charge in [-0.2, -0.15) is 0 Å². The number of aromatic nitrogens is 5. The highest BCUT2D eigenvalue weighted by atomic mass is 14.9. The molecule has 5 nitrogen and oxygen atoms in total. The van der Waals surface area contributed by atoms with Crippen LogP contribution in [0.25, 0.3) is 100 Å². The Morgan fingerprint density at radius 1 is 0.296 bits per heavy atom. The molecule has 0 N–H and O–H groups in total. The number of rotatable bonds is 6. The SMILES string of the molecule is c1ccc(-c2cc(-c3cccc(-c4ccc5ccc(-c6ccc7ccc(-c8cccc9cccnc89)nc7c6)nc5c4)c3)nc(-c3ccccc3)n2)cc1. The average Bonchev–Trinajstić information content (AvgIpc) is 3.26. The third-order valence-corrected chi connectivity index (χ3v) is 9.91. The van der Waals surface area contributed by atoms with Crippen LogP contribution in [0.15, 0.2) is 188 Å². The van der Waals surface area contributed by atoms with E-state index < -0.39 is 0 Å². The Balaban J connectivity index is 1.01. The fourth-order valence-electron chi connectivity index (χ4n) is 7.12. The molecule has 0 saturated heterocycles. The molecule has 0 amide bonds. The van der Waals surface area contributed by atoms with Gasteiger partial charge in [0.1, 0.15) is 0 Å². The van der Waals surface area contributed by atoms with Gasteiger partial charge < -0.3 is 0 Å². The van der Waals surface area contributed by atoms with Crippen LogP contribution in [0.1, 0.15) is 0 Å². The van der Waals surface area contributed by atoms with Crippen LogP contribution >= 0.6 is 0 Å². The lowest BCUT2D eigenvalue weighted by atomic mass is 9.99. The van der Waals surface area contributed by atoms with Gasteiger partial charge in [0, 0.05) is 50.2 Å². The Labute approximate surface area is 312 Å². The predicted octanol–water partition coefficient (Wildman–Crippen LogP) is 12.1. The molecule has 4 heterocycles. The molecule has 0 unspecified atom stereocenters. The first-order chi connectivity index (χ1) is 26.7. The molecule has 0 aliphatic carbocycles. The van der Waals surface area contributed by atoms with Gasteiger partial charge in [-0.05, 0) is 53.6 Å². The van der Waals surface area contributed by atoms with E-state index in [0.717, 1.165) is 94.4 Å². The van der Waals surface area contributed by atoms with Gasteiger partial charge in [0.05, 0.1) is 39.3 Å². The molecular weight excluding hydrogens is 659 g/mol. The quantitative estimate of drug-likeness (QED) is 0.174. The number of nitrogens with zero attached hydrogens (tertiary/aromatic N) is 5. The van der Waals surface area contributed by atoms with Gasteiger partial charge in [-0.15, -0.1) is 0 Å². The maximum absolute atomic E-state index is 5.17. The van der Waals surface area contributed by atoms with Crippen molar-refractivity contribution < 1.29 is 0 Å². The van der Waals surface area contributed by atoms with Crippen LogP contribution in [-0.2, 0) is 0 Å². The lowest BCUT2D eigenvalue weighted by Gasteiger charge is -2.11. The lowest BCUT2D eigenvalue weighted by molar-refractivity contribution is 1.18. The number of pyridine rings is 3. The number of benzene rings is 6. The zero-order chi connectivity index (χ0) is 35.8. The van der Waals surface area contributed by atoms with Crippen molar-refractivity contribution in [2.45, 2.75) is 0 Å². The second-order valence-electron chi connectivity index (χ2n) is 13.4. The standard InChI is InChI=1S/C49H31N5/c1-3-10-32(11-4-1)46-31-47(54-49(53-46)36-12-5-2-6-13-36)39-16-7-15-37(28-39)38-21-19-33-23-25-42(51-44(33)29-38)40-22-20-34-24-26-43(52-45(34)30-40)41-18-8-14-35-17-9-27-50-48(35)41/h1-31H. The predicted molar refractivity (Wildman–Crippen MR) is 221 cm³/mol. The monoisotopic (exact) mass is 689 g/mol. The largest absolute Gasteiger partial charge is 0.256 e. The summed E-state index contributed by atoms with van der Waals surface area (Å²) in [6, 6.07) is 62.6. The van der Waals surface area contributed by atoms with E-state index in [4.69, 9.17) is 19.9 Å². The highest BCUT2D eigenvalue weighted by Crippen LogP contribution is 2.33. The number of para-hydroxylation sites is 1. The van der Waals surface area contributed by atoms with Crippen LogP contribution in [0, 0.1) is 0 Å². The summed E-state index contributed by atoms with van der Waals surface area (Å²) < 4.78 is 0. The maximum Gasteiger partial charge on any atom is 0.160 e. The first-order valence-electron chi connectivity index (χ1n) is 18.0. The van der Waals surface area contributed by atoms with Crippen molar-refractivity contribution in [1.29, 1.82) is 0 Å². The highest BCUT2D eigenvalue weighted by molar-refractivity contribution is 5.95. The van der Waals surface area contributed by atoms with Crippen LogP contribution in [-0.4, -0.2) is 24.9 Å². The molecule has 0 fully saturated rings. The maximum atomic E-state index is 5.17. The summed E-state index contributed by atoms with van der Waals surface area (Å²) in [5, 5.41) is 3.26. The molecule has 6 aromatic carbocycles. The van der Waals surface area contributed by atoms with Crippen molar-refractivity contribution in [1.82, 2.24) is 24.9 Å². The number of fused-ring (bicyclic) bond motifs is 3. The van der Waals surface area contributed by atoms with Crippen LogP contribution in [0.5, 0.6) is 0 Å². The second kappa shape index (κ2) is 13.3. The van der Waals surface area contributed by atoms with Gasteiger partial charge in [-0.1, -0.05) is 140 Å². The van der Waals surface area contributed by atoms with Crippen molar-refractivity contribution in [2.75, 3.05) is 0 Å². The van der Waals surface area contributed by atoms with Gasteiger partial charge in [-0.3, -0.25) is 4.98 Å². The Hall–Kier alpha value is -7.37. The molecule has 5 heteroatoms. The summed E-state index contributed by atoms with van der Waals surface area (Å²) in [6.45, 7) is 0. The van der Waals surface area contributed by atoms with E-state index in [1.54, 1.807) is 0 Å². The summed E-state index contributed by atoms with van der Waals surface area (Å²) >= 11 is 0. The van der Waals surface area contributed by atoms with E-state index in [1.165, 1.54) is 0 Å². The van der Waals surface area contributed by atoms with E-state index in [0.29, 0.717) is 5.82 Å². The van der Waals surface area contributed by atoms with Crippen molar-refractivity contribution in [3.8, 4) is 67.5 Å². The van der Waals surface area contributed by atoms with Crippen LogP contribution in [0.2, 0.25) is 0 Å². The van der Waals surface area contributed by atoms with Crippen LogP contribution < -0.4 is 0 Å². The fraction of sp³-hybridized carbons (Fsp3) is 0. The fourth-order valence-corrected chi connectivity index (χ4v) is 7.12. The molecule has 252 valence electrons. The Morgan fingerprint density at radius 3 is 1.65 bits per heavy atom. The average molecular weight is 690 g/mol. The zero-order valence-corrected chi connectivity index (χ0v) is 29.1. The minimum Gasteiger partial charge on any atom is -0.256 e. The van der Waals surface area contributed by atoms with Crippen molar-refractivity contribution in [3.05, 3.63) is 188 Å². The topological polar surface area (TPSA) is 64.5 Å². The minimum absolute atomic E-state index is 0.700. The Morgan fingerprint density at radius 2 is 0.852 bits per heavy atom. The molecular formula is C49H31N5. The molecule has 0 radical (unpaired) electrons. The Bertz CT molecular complexity index is 2930. The summed E-state index contributed by atoms with van der Waals surface area (Å²) in [7, 11) is 0. The summed E-state index contributed by atoms with van der Waals surface area (Å²) in [6.07, 6.45) is 1.83. The van der Waals surface area contributed by atoms with Gasteiger partial charge >= 0.3 is 0 Å². The van der Waals surface area contributed by atoms with Crippen LogP contribution in [0.4, 0.5) is 0 Å². The molecule has 0 saturated carbocycles. The first kappa shape index (κ1) is 31.4. The molecule has 0 bridgehead atoms. The van der Waals surface area contributed by atoms with E-state index in [1.807, 2.05) is 48.7 Å². The van der Waals surface area contributed by atoms with Crippen molar-refractivity contribution in [2.24, 2.45) is 0 Å². The number of hydrogen-bond acceptors (Lipinski definition) is 5. The molecule has 4 aromatic heterocycles. The smallest absolute Gasteiger partial charge is 0.160 e. The van der Waals surface area contributed by atoms with E-state index in [2.05, 4.69) is 145 Å². The van der Waals surface area contributed by atoms with Gasteiger partial charge in [0.2, 0.25) is 0 Å². The minimum atomic E-state index is 0.700. The van der Waals surface area contributed by atoms with E-state index in [-0.39, 0.29) is 0 Å². The lowest BCUT2D eigenvalue weighted by Crippen LogP contribution is -1.96. The highest BCUT2D eigenvalue weighted by Gasteiger charge is 2.13. The Kier molecular flexibility index (Phi) is 7.73. The molecule has 0 spiro atoms. The molecule has 10 aromatic rings. The van der Waals surface area contributed by atoms with E-state index in [9.17, 15) is 0 Å². The van der Waals surface area contributed by atoms with E-state index >= 15 is 0 Å². The van der Waals surface area contributed by atoms with Crippen LogP contribution in [0.3, 0.4) is 0 Å². The molecule has 54 heavy (non-hydrogen) atoms. The van der Waals surface area contributed by atoms with Crippen molar-refractivity contribution in [3.63, 3.8) is 0 Å². The molecule has 0 aliphatic rings. The second-order valence-corrected chi connectivity index (χ2v) is 13.4. The summed E-state index contributed by atoms with van der Waals surface area (Å²) in [5.74, 6) is 0.700. The van der Waals surface area contributed by atoms with Gasteiger partial charge in [0.25, 0.3) is 0 Å². The van der Waals surface area contributed by atoms with Gasteiger partial charge in [-0.25, -0.2) is 19.9 Å². The first-order valence-corrected chi connectivity index (χ1v) is 18.0. The zero-order valence-electron chi connectivity index (χ0n) is 29.1. The summed E-state index contributed by atoms with van der Waals surface area (Å²) in [4.78, 5) is 24.9.